The quantitative estimate of drug-likeness (QED) is 0.0476. The zero-order valence-electron chi connectivity index (χ0n) is 27.2. The molecule has 1 unspecified atom stereocenters. The van der Waals surface area contributed by atoms with Crippen molar-refractivity contribution in [2.75, 3.05) is 40.5 Å². The molecule has 39 heavy (non-hydrogen) atoms. The molecule has 0 amide bonds. The van der Waals surface area contributed by atoms with E-state index in [1.165, 1.54) is 64.2 Å². The van der Waals surface area contributed by atoms with Crippen LogP contribution in [0.25, 0.3) is 0 Å². The van der Waals surface area contributed by atoms with Crippen molar-refractivity contribution in [3.63, 3.8) is 0 Å². The molecular weight excluding hydrogens is 502 g/mol. The molecule has 0 spiro atoms. The maximum Gasteiger partial charge on any atom is 0.307 e. The van der Waals surface area contributed by atoms with Crippen molar-refractivity contribution in [1.29, 1.82) is 0 Å². The van der Waals surface area contributed by atoms with E-state index in [4.69, 9.17) is 13.9 Å². The van der Waals surface area contributed by atoms with E-state index in [1.54, 1.807) is 0 Å². The summed E-state index contributed by atoms with van der Waals surface area (Å²) in [5, 5.41) is 0.193. The van der Waals surface area contributed by atoms with E-state index in [0.717, 1.165) is 19.3 Å². The molecular formula is C33H65NO4Si. The average molecular weight is 568 g/mol. The largest absolute Gasteiger partial charge is 0.460 e. The van der Waals surface area contributed by atoms with E-state index < -0.39 is 8.32 Å². The first kappa shape index (κ1) is 38.0. The molecule has 0 aliphatic heterocycles. The minimum absolute atomic E-state index is 0.130. The second-order valence-electron chi connectivity index (χ2n) is 12.7. The SMILES string of the molecule is CCCCCC=CCC=CCCCCCCCCC(COCCO[Si](C)(C)C(C)(C)C)OC(=O)CCN(C)C. The number of nitrogens with zero attached hydrogens (tertiary/aromatic N) is 1. The Kier molecular flexibility index (Phi) is 23.1. The number of hydrogen-bond acceptors (Lipinski definition) is 5. The maximum absolute atomic E-state index is 12.3. The number of unbranched alkanes of at least 4 members (excludes halogenated alkanes) is 9. The second kappa shape index (κ2) is 23.7. The van der Waals surface area contributed by atoms with E-state index in [1.807, 2.05) is 19.0 Å². The number of carbonyl (C=O) groups is 1. The van der Waals surface area contributed by atoms with Gasteiger partial charge in [0.1, 0.15) is 6.10 Å². The normalized spacial score (nSPS) is 13.7. The molecule has 0 N–H and O–H groups in total. The topological polar surface area (TPSA) is 48.0 Å². The predicted molar refractivity (Wildman–Crippen MR) is 171 cm³/mol. The number of hydrogen-bond donors (Lipinski definition) is 0. The number of rotatable bonds is 25. The molecule has 1 atom stereocenters. The Morgan fingerprint density at radius 1 is 0.846 bits per heavy atom. The Bertz CT molecular complexity index is 640. The zero-order valence-corrected chi connectivity index (χ0v) is 28.2. The van der Waals surface area contributed by atoms with Crippen molar-refractivity contribution in [3.05, 3.63) is 24.3 Å². The lowest BCUT2D eigenvalue weighted by atomic mass is 10.1. The third kappa shape index (κ3) is 23.5. The Balaban J connectivity index is 4.12. The fraction of sp³-hybridized carbons (Fsp3) is 0.848. The maximum atomic E-state index is 12.3. The molecule has 0 aliphatic carbocycles. The van der Waals surface area contributed by atoms with Gasteiger partial charge in [0.15, 0.2) is 8.32 Å². The second-order valence-corrected chi connectivity index (χ2v) is 17.5. The van der Waals surface area contributed by atoms with Crippen molar-refractivity contribution in [2.45, 2.75) is 142 Å². The molecule has 6 heteroatoms. The van der Waals surface area contributed by atoms with Crippen molar-refractivity contribution < 1.29 is 18.7 Å². The first-order valence-corrected chi connectivity index (χ1v) is 18.8. The van der Waals surface area contributed by atoms with Gasteiger partial charge in [0.25, 0.3) is 0 Å². The van der Waals surface area contributed by atoms with Crippen LogP contribution in [0.15, 0.2) is 24.3 Å². The van der Waals surface area contributed by atoms with Gasteiger partial charge in [-0.15, -0.1) is 0 Å². The van der Waals surface area contributed by atoms with E-state index in [9.17, 15) is 4.79 Å². The third-order valence-corrected chi connectivity index (χ3v) is 12.1. The van der Waals surface area contributed by atoms with Crippen LogP contribution in [0, 0.1) is 0 Å². The van der Waals surface area contributed by atoms with Crippen LogP contribution in [0.3, 0.4) is 0 Å². The highest BCUT2D eigenvalue weighted by molar-refractivity contribution is 6.74. The van der Waals surface area contributed by atoms with E-state index >= 15 is 0 Å². The minimum Gasteiger partial charge on any atom is -0.460 e. The minimum atomic E-state index is -1.76. The number of esters is 1. The molecule has 0 rings (SSSR count). The molecule has 0 fully saturated rings. The molecule has 0 saturated carbocycles. The Hall–Kier alpha value is -0.953. The van der Waals surface area contributed by atoms with Gasteiger partial charge >= 0.3 is 5.97 Å². The molecule has 0 aromatic rings. The first-order chi connectivity index (χ1) is 18.5. The summed E-state index contributed by atoms with van der Waals surface area (Å²) >= 11 is 0. The first-order valence-electron chi connectivity index (χ1n) is 15.9. The molecule has 0 radical (unpaired) electrons. The summed E-state index contributed by atoms with van der Waals surface area (Å²) in [4.78, 5) is 14.3. The molecule has 0 aromatic carbocycles. The van der Waals surface area contributed by atoms with Crippen molar-refractivity contribution in [1.82, 2.24) is 4.90 Å². The van der Waals surface area contributed by atoms with Crippen molar-refractivity contribution in [2.24, 2.45) is 0 Å². The lowest BCUT2D eigenvalue weighted by Gasteiger charge is -2.36. The van der Waals surface area contributed by atoms with Crippen LogP contribution in [0.1, 0.15) is 118 Å². The molecule has 230 valence electrons. The van der Waals surface area contributed by atoms with Gasteiger partial charge in [0.2, 0.25) is 0 Å². The zero-order chi connectivity index (χ0) is 29.4. The van der Waals surface area contributed by atoms with Crippen LogP contribution < -0.4 is 0 Å². The van der Waals surface area contributed by atoms with Gasteiger partial charge in [-0.25, -0.2) is 0 Å². The van der Waals surface area contributed by atoms with Crippen LogP contribution in [0.2, 0.25) is 18.1 Å². The Morgan fingerprint density at radius 3 is 2.03 bits per heavy atom. The predicted octanol–water partition coefficient (Wildman–Crippen LogP) is 9.09. The van der Waals surface area contributed by atoms with Crippen LogP contribution in [-0.2, 0) is 18.7 Å². The lowest BCUT2D eigenvalue weighted by molar-refractivity contribution is -0.153. The summed E-state index contributed by atoms with van der Waals surface area (Å²) in [5.74, 6) is -0.130. The standard InChI is InChI=1S/C33H65NO4Si/c1-9-10-11-12-13-14-15-16-17-18-19-20-21-22-23-24-25-31(38-32(35)26-27-34(5)6)30-36-28-29-37-39(7,8)33(2,3)4/h13-14,16-17,31H,9-12,15,18-30H2,1-8H3. The van der Waals surface area contributed by atoms with Gasteiger partial charge < -0.3 is 18.8 Å². The van der Waals surface area contributed by atoms with E-state index in [-0.39, 0.29) is 17.1 Å². The fourth-order valence-electron chi connectivity index (χ4n) is 3.88. The van der Waals surface area contributed by atoms with Crippen LogP contribution in [-0.4, -0.2) is 65.8 Å². The van der Waals surface area contributed by atoms with Gasteiger partial charge in [-0.05, 0) is 77.2 Å². The number of ether oxygens (including phenoxy) is 2. The van der Waals surface area contributed by atoms with Crippen molar-refractivity contribution in [3.8, 4) is 0 Å². The summed E-state index contributed by atoms with van der Waals surface area (Å²) in [7, 11) is 2.18. The third-order valence-electron chi connectivity index (χ3n) is 7.59. The summed E-state index contributed by atoms with van der Waals surface area (Å²) in [6.07, 6.45) is 25.1. The highest BCUT2D eigenvalue weighted by Gasteiger charge is 2.36. The van der Waals surface area contributed by atoms with Crippen LogP contribution in [0.4, 0.5) is 0 Å². The summed E-state index contributed by atoms with van der Waals surface area (Å²) in [6, 6.07) is 0. The number of carbonyl (C=O) groups excluding carboxylic acids is 1. The smallest absolute Gasteiger partial charge is 0.307 e. The van der Waals surface area contributed by atoms with E-state index in [0.29, 0.717) is 32.8 Å². The van der Waals surface area contributed by atoms with Gasteiger partial charge in [-0.1, -0.05) is 90.5 Å². The average Bonchev–Trinajstić information content (AvgIpc) is 2.86. The highest BCUT2D eigenvalue weighted by atomic mass is 28.4. The molecule has 0 aromatic heterocycles. The van der Waals surface area contributed by atoms with Gasteiger partial charge in [-0.3, -0.25) is 4.79 Å². The molecule has 5 nitrogen and oxygen atoms in total. The van der Waals surface area contributed by atoms with Crippen LogP contribution in [0.5, 0.6) is 0 Å². The Labute approximate surface area is 244 Å². The lowest BCUT2D eigenvalue weighted by Crippen LogP contribution is -2.41. The summed E-state index contributed by atoms with van der Waals surface area (Å²) in [6.45, 7) is 15.8. The summed E-state index contributed by atoms with van der Waals surface area (Å²) < 4.78 is 17.9. The molecule has 0 bridgehead atoms. The Morgan fingerprint density at radius 2 is 1.44 bits per heavy atom. The highest BCUT2D eigenvalue weighted by Crippen LogP contribution is 2.36. The van der Waals surface area contributed by atoms with Crippen LogP contribution >= 0.6 is 0 Å². The summed E-state index contributed by atoms with van der Waals surface area (Å²) in [5.41, 5.74) is 0. The van der Waals surface area contributed by atoms with Gasteiger partial charge in [0.05, 0.1) is 26.2 Å². The molecule has 0 saturated heterocycles. The number of allylic oxidation sites excluding steroid dienone is 4. The monoisotopic (exact) mass is 567 g/mol. The van der Waals surface area contributed by atoms with E-state index in [2.05, 4.69) is 65.1 Å². The van der Waals surface area contributed by atoms with Gasteiger partial charge in [-0.2, -0.15) is 0 Å². The fourth-order valence-corrected chi connectivity index (χ4v) is 4.91. The molecule has 0 aliphatic rings. The van der Waals surface area contributed by atoms with Crippen molar-refractivity contribution >= 4 is 14.3 Å². The molecule has 0 heterocycles. The van der Waals surface area contributed by atoms with Gasteiger partial charge in [0, 0.05) is 6.54 Å².